The van der Waals surface area contributed by atoms with Gasteiger partial charge in [-0.3, -0.25) is 9.59 Å². The molecule has 1 heterocycles. The summed E-state index contributed by atoms with van der Waals surface area (Å²) in [4.78, 5) is 28.4. The summed E-state index contributed by atoms with van der Waals surface area (Å²) in [7, 11) is 1.58. The molecule has 0 aliphatic carbocycles. The molecule has 26 heavy (non-hydrogen) atoms. The molecule has 0 aliphatic heterocycles. The molecular weight excluding hydrogens is 366 g/mol. The zero-order valence-corrected chi connectivity index (χ0v) is 15.9. The maximum Gasteiger partial charge on any atom is 0.266 e. The molecule has 0 atom stereocenters. The van der Waals surface area contributed by atoms with Gasteiger partial charge in [-0.1, -0.05) is 12.1 Å². The van der Waals surface area contributed by atoms with Crippen LogP contribution in [0, 0.1) is 0 Å². The van der Waals surface area contributed by atoms with Crippen LogP contribution in [0.4, 0.5) is 0 Å². The summed E-state index contributed by atoms with van der Waals surface area (Å²) in [6.07, 6.45) is 5.29. The lowest BCUT2D eigenvalue weighted by atomic mass is 10.1. The second-order valence-corrected chi connectivity index (χ2v) is 7.40. The molecular formula is C20H17NO3S2. The molecule has 0 fully saturated rings. The number of H-pyrrole nitrogens is 1. The number of carbonyl (C=O) groups is 1. The van der Waals surface area contributed by atoms with Gasteiger partial charge in [-0.25, -0.2) is 0 Å². The highest BCUT2D eigenvalue weighted by Crippen LogP contribution is 2.15. The van der Waals surface area contributed by atoms with Crippen molar-refractivity contribution in [3.63, 3.8) is 0 Å². The fourth-order valence-corrected chi connectivity index (χ4v) is 3.63. The van der Waals surface area contributed by atoms with Gasteiger partial charge in [0, 0.05) is 16.5 Å². The second-order valence-electron chi connectivity index (χ2n) is 5.44. The van der Waals surface area contributed by atoms with Crippen LogP contribution in [0.3, 0.4) is 0 Å². The molecule has 0 bridgehead atoms. The van der Waals surface area contributed by atoms with E-state index >= 15 is 0 Å². The molecule has 1 aromatic heterocycles. The predicted molar refractivity (Wildman–Crippen MR) is 108 cm³/mol. The Hall–Kier alpha value is -2.57. The van der Waals surface area contributed by atoms with Gasteiger partial charge >= 0.3 is 0 Å². The van der Waals surface area contributed by atoms with Crippen LogP contribution in [-0.4, -0.2) is 24.1 Å². The number of rotatable bonds is 5. The van der Waals surface area contributed by atoms with E-state index in [4.69, 9.17) is 4.74 Å². The maximum atomic E-state index is 12.3. The number of methoxy groups -OCH3 is 1. The number of benzene rings is 2. The van der Waals surface area contributed by atoms with Crippen LogP contribution in [0.2, 0.25) is 0 Å². The Morgan fingerprint density at radius 3 is 2.42 bits per heavy atom. The van der Waals surface area contributed by atoms with Crippen LogP contribution in [0.1, 0.15) is 15.9 Å². The summed E-state index contributed by atoms with van der Waals surface area (Å²) in [6, 6.07) is 14.8. The van der Waals surface area contributed by atoms with Crippen molar-refractivity contribution in [1.82, 2.24) is 4.98 Å². The lowest BCUT2D eigenvalue weighted by Gasteiger charge is -1.99. The molecule has 4 nitrogen and oxygen atoms in total. The molecule has 0 saturated heterocycles. The minimum absolute atomic E-state index is 0.166. The number of nitrogens with one attached hydrogen (secondary N) is 1. The summed E-state index contributed by atoms with van der Waals surface area (Å²) in [5.41, 5.74) is 1.29. The number of thioether (sulfide) groups is 1. The van der Waals surface area contributed by atoms with E-state index in [0.717, 1.165) is 5.56 Å². The van der Waals surface area contributed by atoms with E-state index in [1.54, 1.807) is 43.1 Å². The van der Waals surface area contributed by atoms with E-state index < -0.39 is 0 Å². The smallest absolute Gasteiger partial charge is 0.266 e. The molecule has 0 aliphatic rings. The molecule has 0 unspecified atom stereocenters. The van der Waals surface area contributed by atoms with E-state index in [1.165, 1.54) is 22.3 Å². The third-order valence-electron chi connectivity index (χ3n) is 3.73. The summed E-state index contributed by atoms with van der Waals surface area (Å²) >= 11 is 2.93. The number of hydrogen-bond donors (Lipinski definition) is 1. The predicted octanol–water partition coefficient (Wildman–Crippen LogP) is 2.66. The average molecular weight is 383 g/mol. The first kappa shape index (κ1) is 18.2. The number of ether oxygens (including phenoxy) is 1. The van der Waals surface area contributed by atoms with E-state index in [9.17, 15) is 9.59 Å². The first-order valence-corrected chi connectivity index (χ1v) is 9.88. The van der Waals surface area contributed by atoms with Crippen molar-refractivity contribution in [2.75, 3.05) is 13.4 Å². The van der Waals surface area contributed by atoms with Crippen molar-refractivity contribution >= 4 is 41.0 Å². The van der Waals surface area contributed by atoms with Crippen LogP contribution < -0.4 is 19.5 Å². The van der Waals surface area contributed by atoms with Gasteiger partial charge < -0.3 is 9.72 Å². The molecule has 0 saturated carbocycles. The minimum atomic E-state index is -0.197. The van der Waals surface area contributed by atoms with Gasteiger partial charge in [0.25, 0.3) is 5.56 Å². The minimum Gasteiger partial charge on any atom is -0.497 e. The summed E-state index contributed by atoms with van der Waals surface area (Å²) in [5, 5.41) is 0. The van der Waals surface area contributed by atoms with Crippen LogP contribution in [0.15, 0.2) is 58.2 Å². The van der Waals surface area contributed by atoms with Gasteiger partial charge in [-0.05, 0) is 54.3 Å². The number of thiazole rings is 1. The van der Waals surface area contributed by atoms with Crippen molar-refractivity contribution in [2.45, 2.75) is 4.90 Å². The molecule has 0 radical (unpaired) electrons. The molecule has 2 aromatic carbocycles. The highest BCUT2D eigenvalue weighted by atomic mass is 32.2. The second kappa shape index (κ2) is 8.21. The maximum absolute atomic E-state index is 12.3. The lowest BCUT2D eigenvalue weighted by Crippen LogP contribution is -2.19. The quantitative estimate of drug-likeness (QED) is 0.544. The molecule has 1 N–H and O–H groups in total. The van der Waals surface area contributed by atoms with Gasteiger partial charge in [0.1, 0.15) is 5.75 Å². The van der Waals surface area contributed by atoms with Crippen LogP contribution in [0.5, 0.6) is 5.75 Å². The largest absolute Gasteiger partial charge is 0.497 e. The first-order chi connectivity index (χ1) is 12.6. The number of aromatic nitrogens is 1. The van der Waals surface area contributed by atoms with Gasteiger partial charge in [-0.15, -0.1) is 23.1 Å². The molecule has 0 spiro atoms. The third kappa shape index (κ3) is 4.33. The van der Waals surface area contributed by atoms with Crippen LogP contribution in [0.25, 0.3) is 12.2 Å². The van der Waals surface area contributed by atoms with E-state index in [0.29, 0.717) is 20.5 Å². The van der Waals surface area contributed by atoms with Gasteiger partial charge in [0.05, 0.1) is 16.3 Å². The zero-order valence-electron chi connectivity index (χ0n) is 14.3. The van der Waals surface area contributed by atoms with Crippen molar-refractivity contribution in [3.8, 4) is 5.75 Å². The number of ketones is 1. The molecule has 3 rings (SSSR count). The number of hydrogen-bond acceptors (Lipinski definition) is 5. The van der Waals surface area contributed by atoms with E-state index in [-0.39, 0.29) is 11.3 Å². The Morgan fingerprint density at radius 2 is 1.81 bits per heavy atom. The Balaban J connectivity index is 1.90. The van der Waals surface area contributed by atoms with Gasteiger partial charge in [0.2, 0.25) is 0 Å². The summed E-state index contributed by atoms with van der Waals surface area (Å²) in [5.74, 6) is 0.525. The van der Waals surface area contributed by atoms with Crippen molar-refractivity contribution in [2.24, 2.45) is 0 Å². The van der Waals surface area contributed by atoms with E-state index in [2.05, 4.69) is 4.98 Å². The standard InChI is InChI=1S/C20H17NO3S2/c1-24-15-7-5-14(6-8-15)17(22)12-19-21-20(23)18(26-19)11-13-3-9-16(25-2)10-4-13/h3-12H,1-2H3,(H,21,23). The number of Topliss-reactive ketones (excluding diaryl/α,β-unsaturated/α-hetero) is 1. The Kier molecular flexibility index (Phi) is 5.75. The Bertz CT molecular complexity index is 1080. The molecule has 6 heteroatoms. The topological polar surface area (TPSA) is 59.2 Å². The molecule has 3 aromatic rings. The number of aromatic amines is 1. The monoisotopic (exact) mass is 383 g/mol. The first-order valence-electron chi connectivity index (χ1n) is 7.84. The highest BCUT2D eigenvalue weighted by Gasteiger charge is 2.04. The molecule has 132 valence electrons. The average Bonchev–Trinajstić information content (AvgIpc) is 3.01. The summed E-state index contributed by atoms with van der Waals surface area (Å²) in [6.45, 7) is 0. The fraction of sp³-hybridized carbons (Fsp3) is 0.100. The van der Waals surface area contributed by atoms with Gasteiger partial charge in [0.15, 0.2) is 5.78 Å². The third-order valence-corrected chi connectivity index (χ3v) is 5.44. The van der Waals surface area contributed by atoms with Crippen LogP contribution in [-0.2, 0) is 0 Å². The Morgan fingerprint density at radius 1 is 1.12 bits per heavy atom. The zero-order chi connectivity index (χ0) is 18.5. The number of carbonyl (C=O) groups excluding carboxylic acids is 1. The highest BCUT2D eigenvalue weighted by molar-refractivity contribution is 7.98. The van der Waals surface area contributed by atoms with Crippen molar-refractivity contribution in [3.05, 3.63) is 79.2 Å². The normalized spacial score (nSPS) is 12.4. The Labute approximate surface area is 158 Å². The SMILES string of the molecule is COc1ccc(C(=O)C=c2[nH]c(=O)c(=Cc3ccc(SC)cc3)s2)cc1. The molecule has 0 amide bonds. The van der Waals surface area contributed by atoms with Gasteiger partial charge in [-0.2, -0.15) is 0 Å². The fourth-order valence-electron chi connectivity index (χ4n) is 2.33. The van der Waals surface area contributed by atoms with Crippen molar-refractivity contribution < 1.29 is 9.53 Å². The summed E-state index contributed by atoms with van der Waals surface area (Å²) < 4.78 is 6.18. The van der Waals surface area contributed by atoms with Crippen LogP contribution >= 0.6 is 23.1 Å². The van der Waals surface area contributed by atoms with Crippen molar-refractivity contribution in [1.29, 1.82) is 0 Å². The van der Waals surface area contributed by atoms with E-state index in [1.807, 2.05) is 36.6 Å². The lowest BCUT2D eigenvalue weighted by molar-refractivity contribution is 0.106.